The molecule has 8 heteroatoms. The van der Waals surface area contributed by atoms with Crippen molar-refractivity contribution in [3.8, 4) is 0 Å². The first-order valence-electron chi connectivity index (χ1n) is 5.91. The summed E-state index contributed by atoms with van der Waals surface area (Å²) >= 11 is 0. The van der Waals surface area contributed by atoms with E-state index in [0.717, 1.165) is 6.07 Å². The summed E-state index contributed by atoms with van der Waals surface area (Å²) in [6.07, 6.45) is 0. The number of aromatic nitrogens is 2. The Bertz CT molecular complexity index is 712. The number of aromatic amines is 1. The molecule has 1 heterocycles. The number of rotatable bonds is 5. The number of benzene rings is 1. The molecule has 0 unspecified atom stereocenters. The average molecular weight is 298 g/mol. The van der Waals surface area contributed by atoms with E-state index in [-0.39, 0.29) is 10.6 Å². The van der Waals surface area contributed by atoms with Crippen molar-refractivity contribution >= 4 is 15.7 Å². The summed E-state index contributed by atoms with van der Waals surface area (Å²) in [5.41, 5.74) is 0.981. The predicted molar refractivity (Wildman–Crippen MR) is 73.3 cm³/mol. The molecular formula is C12H15FN4O2S. The Labute approximate surface area is 116 Å². The predicted octanol–water partition coefficient (Wildman–Crippen LogP) is 1.38. The normalized spacial score (nSPS) is 11.6. The first-order chi connectivity index (χ1) is 9.44. The average Bonchev–Trinajstić information content (AvgIpc) is 2.71. The van der Waals surface area contributed by atoms with Gasteiger partial charge in [0.15, 0.2) is 0 Å². The van der Waals surface area contributed by atoms with Crippen LogP contribution in [0.5, 0.6) is 0 Å². The third-order valence-corrected chi connectivity index (χ3v) is 4.23. The zero-order valence-corrected chi connectivity index (χ0v) is 11.9. The Morgan fingerprint density at radius 2 is 2.15 bits per heavy atom. The summed E-state index contributed by atoms with van der Waals surface area (Å²) in [4.78, 5) is 0.0797. The molecule has 20 heavy (non-hydrogen) atoms. The number of nitrogens with one attached hydrogen (secondary N) is 3. The van der Waals surface area contributed by atoms with Crippen LogP contribution in [0.2, 0.25) is 0 Å². The molecular weight excluding hydrogens is 283 g/mol. The van der Waals surface area contributed by atoms with E-state index in [1.807, 2.05) is 0 Å². The number of halogens is 1. The molecule has 0 saturated carbocycles. The van der Waals surface area contributed by atoms with Gasteiger partial charge >= 0.3 is 0 Å². The second-order valence-electron chi connectivity index (χ2n) is 4.27. The standard InChI is InChI=1S/C12H15FN4O2S/c1-8-12(11(7-14-2)16-15-8)20(18,19)17-10-5-3-4-9(13)6-10/h3-6,14,17H,7H2,1-2H3,(H,15,16). The van der Waals surface area contributed by atoms with Crippen LogP contribution in [0.3, 0.4) is 0 Å². The summed E-state index contributed by atoms with van der Waals surface area (Å²) in [6, 6.07) is 5.27. The van der Waals surface area contributed by atoms with Gasteiger partial charge in [0, 0.05) is 6.54 Å². The third kappa shape index (κ3) is 2.97. The maximum absolute atomic E-state index is 13.1. The van der Waals surface area contributed by atoms with Gasteiger partial charge in [-0.1, -0.05) is 6.07 Å². The second kappa shape index (κ2) is 5.59. The maximum atomic E-state index is 13.1. The van der Waals surface area contributed by atoms with Gasteiger partial charge in [-0.15, -0.1) is 0 Å². The SMILES string of the molecule is CNCc1n[nH]c(C)c1S(=O)(=O)Nc1cccc(F)c1. The van der Waals surface area contributed by atoms with Crippen molar-refractivity contribution in [3.63, 3.8) is 0 Å². The molecule has 1 aromatic heterocycles. The molecule has 0 amide bonds. The van der Waals surface area contributed by atoms with Crippen molar-refractivity contribution in [2.24, 2.45) is 0 Å². The molecule has 0 aliphatic carbocycles. The summed E-state index contributed by atoms with van der Waals surface area (Å²) in [5.74, 6) is -0.510. The molecule has 0 spiro atoms. The Morgan fingerprint density at radius 3 is 2.80 bits per heavy atom. The van der Waals surface area contributed by atoms with Crippen LogP contribution in [0.1, 0.15) is 11.4 Å². The number of H-pyrrole nitrogens is 1. The zero-order valence-electron chi connectivity index (χ0n) is 11.1. The topological polar surface area (TPSA) is 86.9 Å². The molecule has 108 valence electrons. The summed E-state index contributed by atoms with van der Waals surface area (Å²) in [6.45, 7) is 1.93. The molecule has 0 saturated heterocycles. The van der Waals surface area contributed by atoms with Crippen molar-refractivity contribution in [1.82, 2.24) is 15.5 Å². The van der Waals surface area contributed by atoms with Crippen LogP contribution >= 0.6 is 0 Å². The summed E-state index contributed by atoms with van der Waals surface area (Å²) in [7, 11) is -2.13. The zero-order chi connectivity index (χ0) is 14.8. The minimum absolute atomic E-state index is 0.0797. The largest absolute Gasteiger partial charge is 0.314 e. The Morgan fingerprint density at radius 1 is 1.40 bits per heavy atom. The van der Waals surface area contributed by atoms with E-state index in [1.54, 1.807) is 14.0 Å². The fourth-order valence-electron chi connectivity index (χ4n) is 1.87. The molecule has 0 aliphatic heterocycles. The highest BCUT2D eigenvalue weighted by Crippen LogP contribution is 2.21. The fraction of sp³-hybridized carbons (Fsp3) is 0.250. The van der Waals surface area contributed by atoms with Crippen molar-refractivity contribution in [1.29, 1.82) is 0 Å². The van der Waals surface area contributed by atoms with E-state index in [1.165, 1.54) is 18.2 Å². The monoisotopic (exact) mass is 298 g/mol. The number of hydrogen-bond donors (Lipinski definition) is 3. The van der Waals surface area contributed by atoms with Gasteiger partial charge < -0.3 is 5.32 Å². The molecule has 2 rings (SSSR count). The van der Waals surface area contributed by atoms with Gasteiger partial charge in [-0.3, -0.25) is 9.82 Å². The van der Waals surface area contributed by atoms with Gasteiger partial charge in [0.05, 0.1) is 17.1 Å². The molecule has 6 nitrogen and oxygen atoms in total. The highest BCUT2D eigenvalue weighted by atomic mass is 32.2. The summed E-state index contributed by atoms with van der Waals surface area (Å²) < 4.78 is 40.2. The summed E-state index contributed by atoms with van der Waals surface area (Å²) in [5, 5.41) is 9.44. The quantitative estimate of drug-likeness (QED) is 0.778. The van der Waals surface area contributed by atoms with Crippen molar-refractivity contribution in [3.05, 3.63) is 41.5 Å². The number of nitrogens with zero attached hydrogens (tertiary/aromatic N) is 1. The van der Waals surface area contributed by atoms with Gasteiger partial charge in [-0.05, 0) is 32.2 Å². The van der Waals surface area contributed by atoms with Crippen LogP contribution in [-0.4, -0.2) is 25.7 Å². The molecule has 0 radical (unpaired) electrons. The minimum atomic E-state index is -3.82. The molecule has 1 aromatic carbocycles. The second-order valence-corrected chi connectivity index (χ2v) is 5.89. The Hall–Kier alpha value is -1.93. The van der Waals surface area contributed by atoms with Crippen LogP contribution < -0.4 is 10.0 Å². The van der Waals surface area contributed by atoms with E-state index in [2.05, 4.69) is 20.2 Å². The van der Waals surface area contributed by atoms with Gasteiger partial charge in [-0.25, -0.2) is 12.8 Å². The van der Waals surface area contributed by atoms with Crippen LogP contribution in [0.15, 0.2) is 29.2 Å². The first kappa shape index (κ1) is 14.5. The Kier molecular flexibility index (Phi) is 4.05. The number of aryl methyl sites for hydroxylation is 1. The molecule has 0 bridgehead atoms. The fourth-order valence-corrected chi connectivity index (χ4v) is 3.29. The van der Waals surface area contributed by atoms with Gasteiger partial charge in [0.1, 0.15) is 10.7 Å². The van der Waals surface area contributed by atoms with E-state index < -0.39 is 15.8 Å². The molecule has 0 fully saturated rings. The molecule has 3 N–H and O–H groups in total. The highest BCUT2D eigenvalue weighted by molar-refractivity contribution is 7.92. The lowest BCUT2D eigenvalue weighted by Crippen LogP contribution is -2.17. The van der Waals surface area contributed by atoms with Crippen LogP contribution in [-0.2, 0) is 16.6 Å². The number of hydrogen-bond acceptors (Lipinski definition) is 4. The third-order valence-electron chi connectivity index (χ3n) is 2.65. The van der Waals surface area contributed by atoms with E-state index in [0.29, 0.717) is 17.9 Å². The van der Waals surface area contributed by atoms with Crippen molar-refractivity contribution in [2.75, 3.05) is 11.8 Å². The van der Waals surface area contributed by atoms with Crippen molar-refractivity contribution < 1.29 is 12.8 Å². The lowest BCUT2D eigenvalue weighted by atomic mass is 10.3. The lowest BCUT2D eigenvalue weighted by molar-refractivity contribution is 0.598. The maximum Gasteiger partial charge on any atom is 0.265 e. The van der Waals surface area contributed by atoms with E-state index in [4.69, 9.17) is 0 Å². The Balaban J connectivity index is 2.38. The van der Waals surface area contributed by atoms with E-state index >= 15 is 0 Å². The van der Waals surface area contributed by atoms with E-state index in [9.17, 15) is 12.8 Å². The van der Waals surface area contributed by atoms with Crippen LogP contribution in [0, 0.1) is 12.7 Å². The lowest BCUT2D eigenvalue weighted by Gasteiger charge is -2.09. The molecule has 2 aromatic rings. The smallest absolute Gasteiger partial charge is 0.265 e. The minimum Gasteiger partial charge on any atom is -0.314 e. The van der Waals surface area contributed by atoms with Gasteiger partial charge in [-0.2, -0.15) is 5.10 Å². The number of anilines is 1. The van der Waals surface area contributed by atoms with Crippen LogP contribution in [0.25, 0.3) is 0 Å². The molecule has 0 aliphatic rings. The van der Waals surface area contributed by atoms with Crippen LogP contribution in [0.4, 0.5) is 10.1 Å². The van der Waals surface area contributed by atoms with Crippen molar-refractivity contribution in [2.45, 2.75) is 18.4 Å². The van der Waals surface area contributed by atoms with Gasteiger partial charge in [0.2, 0.25) is 0 Å². The first-order valence-corrected chi connectivity index (χ1v) is 7.39. The number of sulfonamides is 1. The molecule has 0 atom stereocenters. The highest BCUT2D eigenvalue weighted by Gasteiger charge is 2.24. The van der Waals surface area contributed by atoms with Gasteiger partial charge in [0.25, 0.3) is 10.0 Å².